The number of carbonyl (C=O) groups excluding carboxylic acids is 1. The first-order valence-corrected chi connectivity index (χ1v) is 7.93. The van der Waals surface area contributed by atoms with Crippen LogP contribution in [0.1, 0.15) is 30.5 Å². The van der Waals surface area contributed by atoms with Gasteiger partial charge in [0.05, 0.1) is 19.3 Å². The van der Waals surface area contributed by atoms with Crippen molar-refractivity contribution in [2.45, 2.75) is 25.8 Å². The fraction of sp³-hybridized carbons (Fsp3) is 0.588. The van der Waals surface area contributed by atoms with E-state index < -0.39 is 0 Å². The lowest BCUT2D eigenvalue weighted by Gasteiger charge is -2.36. The number of fused-ring (bicyclic) bond motifs is 1. The third-order valence-corrected chi connectivity index (χ3v) is 4.66. The molecule has 0 saturated carbocycles. The molecule has 0 bridgehead atoms. The van der Waals surface area contributed by atoms with Gasteiger partial charge in [0.1, 0.15) is 0 Å². The Labute approximate surface area is 126 Å². The Kier molecular flexibility index (Phi) is 4.56. The highest BCUT2D eigenvalue weighted by Crippen LogP contribution is 2.29. The van der Waals surface area contributed by atoms with Crippen molar-refractivity contribution < 1.29 is 9.53 Å². The van der Waals surface area contributed by atoms with Gasteiger partial charge in [0.25, 0.3) is 0 Å². The summed E-state index contributed by atoms with van der Waals surface area (Å²) in [4.78, 5) is 16.9. The Morgan fingerprint density at radius 3 is 2.81 bits per heavy atom. The van der Waals surface area contributed by atoms with Gasteiger partial charge in [-0.15, -0.1) is 0 Å². The minimum Gasteiger partial charge on any atom is -0.379 e. The van der Waals surface area contributed by atoms with Crippen molar-refractivity contribution in [2.75, 3.05) is 39.4 Å². The molecule has 4 nitrogen and oxygen atoms in total. The first kappa shape index (κ1) is 14.5. The van der Waals surface area contributed by atoms with E-state index in [0.717, 1.165) is 45.8 Å². The summed E-state index contributed by atoms with van der Waals surface area (Å²) in [5.41, 5.74) is 2.70. The van der Waals surface area contributed by atoms with Crippen molar-refractivity contribution in [1.82, 2.24) is 9.80 Å². The molecule has 1 atom stereocenters. The molecule has 0 spiro atoms. The normalized spacial score (nSPS) is 22.9. The van der Waals surface area contributed by atoms with Crippen LogP contribution in [0.4, 0.5) is 0 Å². The Balaban J connectivity index is 1.58. The minimum atomic E-state index is 0.201. The van der Waals surface area contributed by atoms with Crippen molar-refractivity contribution in [3.63, 3.8) is 0 Å². The molecular weight excluding hydrogens is 264 g/mol. The molecule has 21 heavy (non-hydrogen) atoms. The molecule has 1 amide bonds. The number of carbonyl (C=O) groups is 1. The van der Waals surface area contributed by atoms with Gasteiger partial charge in [0.2, 0.25) is 5.91 Å². The van der Waals surface area contributed by atoms with Gasteiger partial charge in [-0.3, -0.25) is 9.69 Å². The summed E-state index contributed by atoms with van der Waals surface area (Å²) in [6.07, 6.45) is 1.59. The third-order valence-electron chi connectivity index (χ3n) is 4.66. The molecule has 0 unspecified atom stereocenters. The van der Waals surface area contributed by atoms with Crippen LogP contribution >= 0.6 is 0 Å². The Morgan fingerprint density at radius 1 is 1.24 bits per heavy atom. The third kappa shape index (κ3) is 3.27. The van der Waals surface area contributed by atoms with E-state index in [0.29, 0.717) is 6.42 Å². The van der Waals surface area contributed by atoms with Crippen LogP contribution in [0.2, 0.25) is 0 Å². The Bertz CT molecular complexity index is 497. The second kappa shape index (κ2) is 6.58. The Hall–Kier alpha value is -1.39. The van der Waals surface area contributed by atoms with E-state index in [1.165, 1.54) is 11.1 Å². The molecule has 0 aliphatic carbocycles. The van der Waals surface area contributed by atoms with Crippen molar-refractivity contribution in [3.05, 3.63) is 35.4 Å². The summed E-state index contributed by atoms with van der Waals surface area (Å²) < 4.78 is 5.34. The quantitative estimate of drug-likeness (QED) is 0.851. The average molecular weight is 288 g/mol. The fourth-order valence-electron chi connectivity index (χ4n) is 3.33. The lowest BCUT2D eigenvalue weighted by atomic mass is 9.93. The largest absolute Gasteiger partial charge is 0.379 e. The monoisotopic (exact) mass is 288 g/mol. The predicted octanol–water partition coefficient (Wildman–Crippen LogP) is 1.85. The van der Waals surface area contributed by atoms with E-state index in [1.54, 1.807) is 0 Å². The van der Waals surface area contributed by atoms with Gasteiger partial charge in [-0.05, 0) is 24.5 Å². The van der Waals surface area contributed by atoms with E-state index in [1.807, 2.05) is 4.90 Å². The molecule has 0 N–H and O–H groups in total. The molecule has 1 fully saturated rings. The molecule has 0 aromatic heterocycles. The summed E-state index contributed by atoms with van der Waals surface area (Å²) in [5.74, 6) is 0.281. The molecule has 0 radical (unpaired) electrons. The fourth-order valence-corrected chi connectivity index (χ4v) is 3.33. The molecule has 2 aliphatic heterocycles. The van der Waals surface area contributed by atoms with Crippen molar-refractivity contribution >= 4 is 5.91 Å². The highest BCUT2D eigenvalue weighted by atomic mass is 16.5. The summed E-state index contributed by atoms with van der Waals surface area (Å²) in [5, 5.41) is 0. The van der Waals surface area contributed by atoms with Crippen LogP contribution in [0.3, 0.4) is 0 Å². The maximum atomic E-state index is 12.5. The van der Waals surface area contributed by atoms with Gasteiger partial charge >= 0.3 is 0 Å². The van der Waals surface area contributed by atoms with Gasteiger partial charge in [-0.1, -0.05) is 24.3 Å². The first-order valence-electron chi connectivity index (χ1n) is 7.93. The predicted molar refractivity (Wildman–Crippen MR) is 82.2 cm³/mol. The van der Waals surface area contributed by atoms with E-state index in [4.69, 9.17) is 4.74 Å². The molecule has 4 heteroatoms. The van der Waals surface area contributed by atoms with Crippen LogP contribution in [-0.2, 0) is 16.0 Å². The standard InChI is InChI=1S/C17H24N2O2/c1-14-16-5-3-2-4-15(16)6-9-19(14)17(20)7-8-18-10-12-21-13-11-18/h2-5,14H,6-13H2,1H3/t14-/m1/s1. The van der Waals surface area contributed by atoms with E-state index in [9.17, 15) is 4.79 Å². The number of rotatable bonds is 3. The highest BCUT2D eigenvalue weighted by Gasteiger charge is 2.27. The molecule has 3 rings (SSSR count). The zero-order valence-corrected chi connectivity index (χ0v) is 12.8. The number of hydrogen-bond donors (Lipinski definition) is 0. The smallest absolute Gasteiger partial charge is 0.224 e. The number of morpholine rings is 1. The average Bonchev–Trinajstić information content (AvgIpc) is 2.54. The van der Waals surface area contributed by atoms with Gasteiger partial charge in [0, 0.05) is 32.6 Å². The van der Waals surface area contributed by atoms with Crippen molar-refractivity contribution in [1.29, 1.82) is 0 Å². The number of amides is 1. The molecule has 1 aromatic rings. The first-order chi connectivity index (χ1) is 10.3. The van der Waals surface area contributed by atoms with E-state index in [-0.39, 0.29) is 11.9 Å². The second-order valence-electron chi connectivity index (χ2n) is 5.92. The van der Waals surface area contributed by atoms with Gasteiger partial charge in [-0.2, -0.15) is 0 Å². The van der Waals surface area contributed by atoms with Gasteiger partial charge < -0.3 is 9.64 Å². The zero-order valence-electron chi connectivity index (χ0n) is 12.8. The molecule has 1 saturated heterocycles. The van der Waals surface area contributed by atoms with Crippen molar-refractivity contribution in [3.8, 4) is 0 Å². The number of benzene rings is 1. The summed E-state index contributed by atoms with van der Waals surface area (Å²) in [6, 6.07) is 8.69. The molecule has 114 valence electrons. The lowest BCUT2D eigenvalue weighted by Crippen LogP contribution is -2.42. The summed E-state index contributed by atoms with van der Waals surface area (Å²) in [7, 11) is 0. The summed E-state index contributed by atoms with van der Waals surface area (Å²) in [6.45, 7) is 7.33. The number of ether oxygens (including phenoxy) is 1. The minimum absolute atomic E-state index is 0.201. The number of nitrogens with zero attached hydrogens (tertiary/aromatic N) is 2. The van der Waals surface area contributed by atoms with Crippen LogP contribution < -0.4 is 0 Å². The topological polar surface area (TPSA) is 32.8 Å². The van der Waals surface area contributed by atoms with Crippen LogP contribution in [0.25, 0.3) is 0 Å². The highest BCUT2D eigenvalue weighted by molar-refractivity contribution is 5.77. The zero-order chi connectivity index (χ0) is 14.7. The lowest BCUT2D eigenvalue weighted by molar-refractivity contribution is -0.134. The van der Waals surface area contributed by atoms with Crippen LogP contribution in [0, 0.1) is 0 Å². The van der Waals surface area contributed by atoms with E-state index >= 15 is 0 Å². The van der Waals surface area contributed by atoms with Gasteiger partial charge in [-0.25, -0.2) is 0 Å². The maximum Gasteiger partial charge on any atom is 0.224 e. The maximum absolute atomic E-state index is 12.5. The number of hydrogen-bond acceptors (Lipinski definition) is 3. The van der Waals surface area contributed by atoms with Crippen LogP contribution in [0.15, 0.2) is 24.3 Å². The molecule has 1 aromatic carbocycles. The molecule has 2 heterocycles. The SMILES string of the molecule is C[C@@H]1c2ccccc2CCN1C(=O)CCN1CCOCC1. The van der Waals surface area contributed by atoms with Crippen LogP contribution in [-0.4, -0.2) is 55.1 Å². The molecular formula is C17H24N2O2. The molecule has 2 aliphatic rings. The van der Waals surface area contributed by atoms with E-state index in [2.05, 4.69) is 36.1 Å². The van der Waals surface area contributed by atoms with Gasteiger partial charge in [0.15, 0.2) is 0 Å². The Morgan fingerprint density at radius 2 is 2.00 bits per heavy atom. The van der Waals surface area contributed by atoms with Crippen LogP contribution in [0.5, 0.6) is 0 Å². The second-order valence-corrected chi connectivity index (χ2v) is 5.92. The van der Waals surface area contributed by atoms with Crippen molar-refractivity contribution in [2.24, 2.45) is 0 Å². The summed E-state index contributed by atoms with van der Waals surface area (Å²) >= 11 is 0.